The van der Waals surface area contributed by atoms with Crippen molar-refractivity contribution in [2.24, 2.45) is 0 Å². The third-order valence-electron chi connectivity index (χ3n) is 4.36. The van der Waals surface area contributed by atoms with Gasteiger partial charge in [0.15, 0.2) is 0 Å². The molecule has 1 aliphatic rings. The Labute approximate surface area is 175 Å². The van der Waals surface area contributed by atoms with Gasteiger partial charge in [-0.3, -0.25) is 14.6 Å². The summed E-state index contributed by atoms with van der Waals surface area (Å²) in [6.07, 6.45) is 2.88. The Morgan fingerprint density at radius 3 is 2.39 bits per heavy atom. The summed E-state index contributed by atoms with van der Waals surface area (Å²) in [5.41, 5.74) is -4.16. The van der Waals surface area contributed by atoms with Crippen molar-refractivity contribution in [3.63, 3.8) is 0 Å². The van der Waals surface area contributed by atoms with Crippen molar-refractivity contribution in [1.82, 2.24) is 9.88 Å². The van der Waals surface area contributed by atoms with E-state index in [4.69, 9.17) is 0 Å². The molecule has 0 aliphatic carbocycles. The molecule has 31 heavy (non-hydrogen) atoms. The maximum absolute atomic E-state index is 12.3. The van der Waals surface area contributed by atoms with Crippen LogP contribution in [0.2, 0.25) is 0 Å². The van der Waals surface area contributed by atoms with Crippen LogP contribution in [-0.2, 0) is 14.9 Å². The monoisotopic (exact) mass is 462 g/mol. The number of hydrogen-bond donors (Lipinski definition) is 0. The van der Waals surface area contributed by atoms with Crippen LogP contribution in [0.25, 0.3) is 0 Å². The number of carbonyl (C=O) groups excluding carboxylic acids is 2. The van der Waals surface area contributed by atoms with Gasteiger partial charge in [-0.2, -0.15) is 21.6 Å². The molecule has 1 aliphatic heterocycles. The Bertz CT molecular complexity index is 1010. The van der Waals surface area contributed by atoms with E-state index < -0.39 is 21.4 Å². The summed E-state index contributed by atoms with van der Waals surface area (Å²) in [4.78, 5) is 27.1. The minimum absolute atomic E-state index is 0.0256. The first-order chi connectivity index (χ1) is 14.5. The zero-order valence-corrected chi connectivity index (χ0v) is 17.0. The number of halogens is 4. The third-order valence-corrected chi connectivity index (χ3v) is 5.34. The molecule has 1 saturated heterocycles. The van der Waals surface area contributed by atoms with Gasteiger partial charge in [0.1, 0.15) is 17.9 Å². The molecule has 1 atom stereocenters. The molecule has 12 heteroatoms. The first-order valence-corrected chi connectivity index (χ1v) is 10.2. The fraction of sp³-hybridized carbons (Fsp3) is 0.316. The Balaban J connectivity index is 0.000000357. The molecular formula is C19H18F4N2O5S. The predicted molar refractivity (Wildman–Crippen MR) is 101 cm³/mol. The van der Waals surface area contributed by atoms with Crippen molar-refractivity contribution < 1.29 is 39.8 Å². The molecule has 1 aromatic carbocycles. The summed E-state index contributed by atoms with van der Waals surface area (Å²) in [6.45, 7) is 2.71. The summed E-state index contributed by atoms with van der Waals surface area (Å²) in [5.74, 6) is -1.03. The second-order valence-corrected chi connectivity index (χ2v) is 8.13. The molecule has 1 amide bonds. The number of aryl methyl sites for hydroxylation is 1. The zero-order valence-electron chi connectivity index (χ0n) is 16.2. The van der Waals surface area contributed by atoms with Gasteiger partial charge in [0.2, 0.25) is 6.41 Å². The quantitative estimate of drug-likeness (QED) is 0.293. The highest BCUT2D eigenvalue weighted by molar-refractivity contribution is 7.88. The molecule has 0 radical (unpaired) electrons. The molecule has 0 bridgehead atoms. The number of likely N-dealkylation sites (tertiary alicyclic amines) is 1. The minimum atomic E-state index is -5.79. The van der Waals surface area contributed by atoms with E-state index >= 15 is 0 Å². The number of carbonyl (C=O) groups is 2. The largest absolute Gasteiger partial charge is 0.534 e. The topological polar surface area (TPSA) is 93.6 Å². The van der Waals surface area contributed by atoms with Crippen LogP contribution in [0, 0.1) is 12.7 Å². The summed E-state index contributed by atoms with van der Waals surface area (Å²) < 4.78 is 74.8. The maximum Gasteiger partial charge on any atom is 0.534 e. The second kappa shape index (κ2) is 9.86. The highest BCUT2D eigenvalue weighted by atomic mass is 32.2. The normalized spacial score (nSPS) is 16.3. The van der Waals surface area contributed by atoms with Crippen LogP contribution in [0.1, 0.15) is 34.0 Å². The number of benzene rings is 1. The van der Waals surface area contributed by atoms with Crippen LogP contribution in [-0.4, -0.2) is 49.6 Å². The number of pyridine rings is 1. The van der Waals surface area contributed by atoms with Gasteiger partial charge < -0.3 is 9.08 Å². The molecule has 0 N–H and O–H groups in total. The van der Waals surface area contributed by atoms with Gasteiger partial charge in [-0.25, -0.2) is 4.39 Å². The summed E-state index contributed by atoms with van der Waals surface area (Å²) in [7, 11) is -5.79. The van der Waals surface area contributed by atoms with Crippen molar-refractivity contribution >= 4 is 22.8 Å². The number of rotatable bonds is 5. The Morgan fingerprint density at radius 1 is 1.19 bits per heavy atom. The van der Waals surface area contributed by atoms with E-state index in [1.165, 1.54) is 23.2 Å². The van der Waals surface area contributed by atoms with Crippen LogP contribution >= 0.6 is 0 Å². The molecule has 168 valence electrons. The third kappa shape index (κ3) is 6.48. The number of nitrogens with zero attached hydrogens (tertiary/aromatic N) is 2. The van der Waals surface area contributed by atoms with Gasteiger partial charge >= 0.3 is 15.6 Å². The van der Waals surface area contributed by atoms with Crippen molar-refractivity contribution in [3.8, 4) is 5.75 Å². The van der Waals surface area contributed by atoms with Crippen LogP contribution in [0.3, 0.4) is 0 Å². The molecule has 1 fully saturated rings. The van der Waals surface area contributed by atoms with Crippen molar-refractivity contribution in [2.45, 2.75) is 24.8 Å². The molecule has 1 aromatic heterocycles. The van der Waals surface area contributed by atoms with Crippen molar-refractivity contribution in [2.75, 3.05) is 13.1 Å². The van der Waals surface area contributed by atoms with E-state index in [0.717, 1.165) is 17.8 Å². The average molecular weight is 462 g/mol. The first kappa shape index (κ1) is 24.3. The lowest BCUT2D eigenvalue weighted by molar-refractivity contribution is -0.117. The van der Waals surface area contributed by atoms with Crippen molar-refractivity contribution in [3.05, 3.63) is 59.2 Å². The smallest absolute Gasteiger partial charge is 0.376 e. The average Bonchev–Trinajstić information content (AvgIpc) is 3.18. The van der Waals surface area contributed by atoms with Gasteiger partial charge in [0.05, 0.1) is 6.20 Å². The van der Waals surface area contributed by atoms with Crippen molar-refractivity contribution in [1.29, 1.82) is 0 Å². The number of aromatic nitrogens is 1. The summed E-state index contributed by atoms with van der Waals surface area (Å²) >= 11 is 0. The lowest BCUT2D eigenvalue weighted by Crippen LogP contribution is -2.28. The maximum atomic E-state index is 12.3. The molecular weight excluding hydrogens is 444 g/mol. The van der Waals surface area contributed by atoms with Gasteiger partial charge in [-0.05, 0) is 43.2 Å². The summed E-state index contributed by atoms with van der Waals surface area (Å²) in [6, 6.07) is 6.35. The van der Waals surface area contributed by atoms with Crippen LogP contribution in [0.5, 0.6) is 5.75 Å². The number of aldehydes is 1. The first-order valence-electron chi connectivity index (χ1n) is 8.84. The van der Waals surface area contributed by atoms with Gasteiger partial charge in [-0.1, -0.05) is 6.07 Å². The highest BCUT2D eigenvalue weighted by Gasteiger charge is 2.48. The molecule has 7 nitrogen and oxygen atoms in total. The Kier molecular flexibility index (Phi) is 7.71. The van der Waals surface area contributed by atoms with E-state index in [2.05, 4.69) is 9.17 Å². The SMILES string of the molecule is Cc1ccc(F)cn1.O=Cc1cc(OS(=O)(=O)C(F)(F)F)ccc1C1CCN(C=O)C1. The van der Waals surface area contributed by atoms with Gasteiger partial charge in [0, 0.05) is 30.3 Å². The predicted octanol–water partition coefficient (Wildman–Crippen LogP) is 3.20. The van der Waals surface area contributed by atoms with Gasteiger partial charge in [-0.15, -0.1) is 0 Å². The number of alkyl halides is 3. The fourth-order valence-corrected chi connectivity index (χ4v) is 3.29. The molecule has 2 aromatic rings. The minimum Gasteiger partial charge on any atom is -0.376 e. The van der Waals surface area contributed by atoms with E-state index in [9.17, 15) is 35.6 Å². The molecule has 1 unspecified atom stereocenters. The second-order valence-electron chi connectivity index (χ2n) is 6.60. The van der Waals surface area contributed by atoms with Crippen LogP contribution < -0.4 is 4.18 Å². The highest BCUT2D eigenvalue weighted by Crippen LogP contribution is 2.32. The fourth-order valence-electron chi connectivity index (χ4n) is 2.84. The van der Waals surface area contributed by atoms with E-state index in [1.807, 2.05) is 6.92 Å². The zero-order chi connectivity index (χ0) is 23.2. The molecule has 2 heterocycles. The Morgan fingerprint density at radius 2 is 1.90 bits per heavy atom. The Hall–Kier alpha value is -3.02. The lowest BCUT2D eigenvalue weighted by atomic mass is 9.94. The number of amides is 1. The van der Waals surface area contributed by atoms with Gasteiger partial charge in [0.25, 0.3) is 0 Å². The van der Waals surface area contributed by atoms with E-state index in [0.29, 0.717) is 37.8 Å². The summed E-state index contributed by atoms with van der Waals surface area (Å²) in [5, 5.41) is 0. The number of hydrogen-bond acceptors (Lipinski definition) is 6. The molecule has 0 saturated carbocycles. The van der Waals surface area contributed by atoms with E-state index in [-0.39, 0.29) is 17.3 Å². The lowest BCUT2D eigenvalue weighted by Gasteiger charge is -2.15. The van der Waals surface area contributed by atoms with E-state index in [1.54, 1.807) is 6.07 Å². The van der Waals surface area contributed by atoms with Crippen LogP contribution in [0.4, 0.5) is 17.6 Å². The standard InChI is InChI=1S/C13H12F3NO5S.C6H6FN/c14-13(15,16)23(20,21)22-11-1-2-12(10(5-11)7-18)9-3-4-17(6-9)8-19;1-5-2-3-6(7)4-8-5/h1-2,5,7-9H,3-4,6H2;2-4H,1H3. The molecule has 0 spiro atoms. The molecule has 3 rings (SSSR count). The van der Waals surface area contributed by atoms with Crippen LogP contribution in [0.15, 0.2) is 36.5 Å².